The summed E-state index contributed by atoms with van der Waals surface area (Å²) < 4.78 is 13.1. The fourth-order valence-corrected chi connectivity index (χ4v) is 6.47. The predicted molar refractivity (Wildman–Crippen MR) is 130 cm³/mol. The van der Waals surface area contributed by atoms with Gasteiger partial charge < -0.3 is 9.80 Å². The van der Waals surface area contributed by atoms with Crippen LogP contribution in [-0.2, 0) is 16.2 Å². The average molecular weight is 461 g/mol. The van der Waals surface area contributed by atoms with E-state index in [1.165, 1.54) is 23.9 Å². The Morgan fingerprint density at radius 3 is 2.36 bits per heavy atom. The second-order valence-electron chi connectivity index (χ2n) is 9.30. The van der Waals surface area contributed by atoms with Crippen LogP contribution in [-0.4, -0.2) is 28.0 Å². The Bertz CT molecular complexity index is 1240. The predicted octanol–water partition coefficient (Wildman–Crippen LogP) is 5.50. The zero-order valence-corrected chi connectivity index (χ0v) is 19.7. The van der Waals surface area contributed by atoms with E-state index in [0.717, 1.165) is 22.4 Å². The van der Waals surface area contributed by atoms with E-state index >= 15 is 0 Å². The Kier molecular flexibility index (Phi) is 5.09. The lowest BCUT2D eigenvalue weighted by atomic mass is 10.0. The molecule has 1 spiro atoms. The second-order valence-corrected chi connectivity index (χ2v) is 11.2. The number of aryl methyl sites for hydroxylation is 1. The fraction of sp³-hybridized carbons (Fsp3) is 0.259. The van der Waals surface area contributed by atoms with Crippen molar-refractivity contribution in [1.29, 1.82) is 0 Å². The molecular weight excluding hydrogens is 435 g/mol. The van der Waals surface area contributed by atoms with Gasteiger partial charge in [0.15, 0.2) is 4.87 Å². The highest BCUT2D eigenvalue weighted by atomic mass is 32.2. The minimum atomic E-state index is -1.14. The minimum absolute atomic E-state index is 0.135. The summed E-state index contributed by atoms with van der Waals surface area (Å²) in [7, 11) is 0. The van der Waals surface area contributed by atoms with E-state index in [1.54, 1.807) is 21.9 Å². The van der Waals surface area contributed by atoms with Gasteiger partial charge in [0.1, 0.15) is 5.82 Å². The molecule has 2 amide bonds. The summed E-state index contributed by atoms with van der Waals surface area (Å²) >= 11 is 1.53. The molecule has 0 radical (unpaired) electrons. The van der Waals surface area contributed by atoms with Gasteiger partial charge in [0.25, 0.3) is 11.8 Å². The van der Waals surface area contributed by atoms with Gasteiger partial charge in [0, 0.05) is 22.4 Å². The van der Waals surface area contributed by atoms with Gasteiger partial charge in [-0.1, -0.05) is 48.0 Å². The van der Waals surface area contributed by atoms with Crippen molar-refractivity contribution in [3.05, 3.63) is 101 Å². The highest BCUT2D eigenvalue weighted by Crippen LogP contribution is 2.60. The molecule has 1 atom stereocenters. The number of benzene rings is 3. The Morgan fingerprint density at radius 2 is 1.67 bits per heavy atom. The smallest absolute Gasteiger partial charge is 0.268 e. The monoisotopic (exact) mass is 460 g/mol. The third-order valence-electron chi connectivity index (χ3n) is 6.24. The molecule has 0 bridgehead atoms. The third kappa shape index (κ3) is 3.53. The summed E-state index contributed by atoms with van der Waals surface area (Å²) in [6, 6.07) is 21.3. The number of rotatable bonds is 3. The van der Waals surface area contributed by atoms with Crippen molar-refractivity contribution in [2.45, 2.75) is 36.9 Å². The molecule has 0 saturated carbocycles. The molecule has 168 valence electrons. The van der Waals surface area contributed by atoms with Crippen molar-refractivity contribution in [2.24, 2.45) is 0 Å². The van der Waals surface area contributed by atoms with Crippen LogP contribution in [0.5, 0.6) is 0 Å². The summed E-state index contributed by atoms with van der Waals surface area (Å²) in [5.74, 6) is -0.602. The van der Waals surface area contributed by atoms with Crippen LogP contribution < -0.4 is 4.90 Å². The van der Waals surface area contributed by atoms with E-state index in [9.17, 15) is 14.0 Å². The molecule has 2 heterocycles. The highest BCUT2D eigenvalue weighted by molar-refractivity contribution is 8.02. The van der Waals surface area contributed by atoms with Gasteiger partial charge in [-0.2, -0.15) is 0 Å². The molecular formula is C27H25FN2O2S. The Hall–Kier alpha value is -3.12. The largest absolute Gasteiger partial charge is 0.310 e. The van der Waals surface area contributed by atoms with Crippen LogP contribution >= 0.6 is 11.8 Å². The van der Waals surface area contributed by atoms with Crippen LogP contribution in [0.15, 0.2) is 72.8 Å². The number of anilines is 1. The van der Waals surface area contributed by atoms with Gasteiger partial charge in [0.05, 0.1) is 12.2 Å². The standard InChI is InChI=1S/C27H25FN2O2S/c1-18-8-12-20(13-9-18)24(31)30-17-26(2,3)33-27(30)22-6-4-5-7-23(22)29(25(27)32)16-19-10-14-21(28)15-11-19/h4-15H,16-17H2,1-3H3/t27-/m0/s1. The number of carbonyl (C=O) groups is 2. The molecule has 6 heteroatoms. The Balaban J connectivity index is 1.61. The zero-order valence-electron chi connectivity index (χ0n) is 18.8. The molecule has 0 unspecified atom stereocenters. The van der Waals surface area contributed by atoms with E-state index < -0.39 is 4.87 Å². The summed E-state index contributed by atoms with van der Waals surface area (Å²) in [6.45, 7) is 6.88. The van der Waals surface area contributed by atoms with Crippen molar-refractivity contribution in [3.63, 3.8) is 0 Å². The van der Waals surface area contributed by atoms with Gasteiger partial charge in [0.2, 0.25) is 0 Å². The molecule has 0 N–H and O–H groups in total. The molecule has 5 rings (SSSR count). The molecule has 4 nitrogen and oxygen atoms in total. The van der Waals surface area contributed by atoms with Gasteiger partial charge in [-0.3, -0.25) is 9.59 Å². The van der Waals surface area contributed by atoms with Gasteiger partial charge in [-0.25, -0.2) is 4.39 Å². The van der Waals surface area contributed by atoms with E-state index in [2.05, 4.69) is 13.8 Å². The number of hydrogen-bond acceptors (Lipinski definition) is 3. The number of para-hydroxylation sites is 1. The summed E-state index contributed by atoms with van der Waals surface area (Å²) in [5.41, 5.74) is 4.09. The maximum absolute atomic E-state index is 14.2. The van der Waals surface area contributed by atoms with Crippen LogP contribution in [0.25, 0.3) is 0 Å². The third-order valence-corrected chi connectivity index (χ3v) is 7.83. The molecule has 0 aliphatic carbocycles. The molecule has 1 fully saturated rings. The van der Waals surface area contributed by atoms with Crippen molar-refractivity contribution in [1.82, 2.24) is 4.90 Å². The number of nitrogens with zero attached hydrogens (tertiary/aromatic N) is 2. The minimum Gasteiger partial charge on any atom is -0.310 e. The van der Waals surface area contributed by atoms with Crippen LogP contribution in [0.3, 0.4) is 0 Å². The quantitative estimate of drug-likeness (QED) is 0.518. The maximum Gasteiger partial charge on any atom is 0.268 e. The van der Waals surface area contributed by atoms with E-state index in [0.29, 0.717) is 18.7 Å². The first-order valence-electron chi connectivity index (χ1n) is 11.0. The van der Waals surface area contributed by atoms with Gasteiger partial charge >= 0.3 is 0 Å². The van der Waals surface area contributed by atoms with Crippen molar-refractivity contribution < 1.29 is 14.0 Å². The summed E-state index contributed by atoms with van der Waals surface area (Å²) in [6.07, 6.45) is 0. The van der Waals surface area contributed by atoms with Gasteiger partial charge in [-0.05, 0) is 56.7 Å². The molecule has 2 aliphatic heterocycles. The van der Waals surface area contributed by atoms with Crippen LogP contribution in [0.1, 0.15) is 40.9 Å². The average Bonchev–Trinajstić information content (AvgIpc) is 3.21. The number of amides is 2. The molecule has 3 aromatic carbocycles. The zero-order chi connectivity index (χ0) is 23.4. The highest BCUT2D eigenvalue weighted by Gasteiger charge is 2.63. The topological polar surface area (TPSA) is 40.6 Å². The van der Waals surface area contributed by atoms with E-state index in [1.807, 2.05) is 55.5 Å². The van der Waals surface area contributed by atoms with Crippen LogP contribution in [0.4, 0.5) is 10.1 Å². The lowest BCUT2D eigenvalue weighted by molar-refractivity contribution is -0.123. The van der Waals surface area contributed by atoms with E-state index in [4.69, 9.17) is 0 Å². The summed E-state index contributed by atoms with van der Waals surface area (Å²) in [5, 5.41) is 0. The molecule has 0 aromatic heterocycles. The van der Waals surface area contributed by atoms with Crippen molar-refractivity contribution in [3.8, 4) is 0 Å². The Labute approximate surface area is 197 Å². The first-order valence-corrected chi connectivity index (χ1v) is 11.8. The van der Waals surface area contributed by atoms with E-state index in [-0.39, 0.29) is 22.4 Å². The van der Waals surface area contributed by atoms with Crippen molar-refractivity contribution >= 4 is 29.3 Å². The molecule has 3 aromatic rings. The molecule has 1 saturated heterocycles. The lowest BCUT2D eigenvalue weighted by Crippen LogP contribution is -2.50. The van der Waals surface area contributed by atoms with Crippen LogP contribution in [0.2, 0.25) is 0 Å². The number of fused-ring (bicyclic) bond motifs is 2. The Morgan fingerprint density at radius 1 is 1.00 bits per heavy atom. The van der Waals surface area contributed by atoms with Gasteiger partial charge in [-0.15, -0.1) is 11.8 Å². The number of carbonyl (C=O) groups excluding carboxylic acids is 2. The molecule has 33 heavy (non-hydrogen) atoms. The maximum atomic E-state index is 14.2. The number of halogens is 1. The first-order chi connectivity index (χ1) is 15.7. The van der Waals surface area contributed by atoms with Crippen molar-refractivity contribution in [2.75, 3.05) is 11.4 Å². The number of thioether (sulfide) groups is 1. The summed E-state index contributed by atoms with van der Waals surface area (Å²) in [4.78, 5) is 30.3. The fourth-order valence-electron chi connectivity index (χ4n) is 4.74. The normalized spacial score (nSPS) is 21.0. The first kappa shape index (κ1) is 21.7. The SMILES string of the molecule is Cc1ccc(C(=O)N2CC(C)(C)S[C@@]23C(=O)N(Cc2ccc(F)cc2)c2ccccc23)cc1. The second kappa shape index (κ2) is 7.73. The lowest BCUT2D eigenvalue weighted by Gasteiger charge is -2.33. The number of hydrogen-bond donors (Lipinski definition) is 0. The van der Waals surface area contributed by atoms with Crippen LogP contribution in [0, 0.1) is 12.7 Å². The molecule has 2 aliphatic rings.